The fourth-order valence-corrected chi connectivity index (χ4v) is 2.11. The zero-order chi connectivity index (χ0) is 17.0. The summed E-state index contributed by atoms with van der Waals surface area (Å²) in [4.78, 5) is 11.8. The molecule has 6 heteroatoms. The molecule has 0 aromatic heterocycles. The summed E-state index contributed by atoms with van der Waals surface area (Å²) in [6.07, 6.45) is 0. The molecule has 6 nitrogen and oxygen atoms in total. The fraction of sp³-hybridized carbons (Fsp3) is 0.278. The highest BCUT2D eigenvalue weighted by Crippen LogP contribution is 2.12. The van der Waals surface area contributed by atoms with Gasteiger partial charge in [0.05, 0.1) is 13.2 Å². The Morgan fingerprint density at radius 3 is 2.38 bits per heavy atom. The summed E-state index contributed by atoms with van der Waals surface area (Å²) >= 11 is 0. The zero-order valence-electron chi connectivity index (χ0n) is 13.9. The van der Waals surface area contributed by atoms with E-state index >= 15 is 0 Å². The van der Waals surface area contributed by atoms with Crippen molar-refractivity contribution in [3.05, 3.63) is 54.6 Å². The van der Waals surface area contributed by atoms with Crippen LogP contribution in [0.4, 0.5) is 21.9 Å². The van der Waals surface area contributed by atoms with Gasteiger partial charge >= 0.3 is 6.03 Å². The molecule has 0 heterocycles. The molecule has 0 bridgehead atoms. The summed E-state index contributed by atoms with van der Waals surface area (Å²) in [5, 5.41) is 10.7. The first-order valence-corrected chi connectivity index (χ1v) is 8.06. The molecule has 0 aliphatic carbocycles. The van der Waals surface area contributed by atoms with Gasteiger partial charge in [-0.25, -0.2) is 4.79 Å². The molecule has 0 aliphatic heterocycles. The van der Waals surface area contributed by atoms with Crippen molar-refractivity contribution >= 4 is 23.1 Å². The Balaban J connectivity index is 1.51. The Bertz CT molecular complexity index is 602. The minimum atomic E-state index is -0.113. The summed E-state index contributed by atoms with van der Waals surface area (Å²) in [5.41, 5.74) is 2.87. The summed E-state index contributed by atoms with van der Waals surface area (Å²) in [5.74, 6) is 0. The van der Waals surface area contributed by atoms with Crippen LogP contribution >= 0.6 is 0 Å². The Kier molecular flexibility index (Phi) is 7.59. The van der Waals surface area contributed by atoms with E-state index in [-0.39, 0.29) is 6.03 Å². The van der Waals surface area contributed by atoms with Gasteiger partial charge in [0.25, 0.3) is 0 Å². The number of amides is 2. The minimum absolute atomic E-state index is 0.113. The molecule has 0 saturated carbocycles. The van der Waals surface area contributed by atoms with Crippen LogP contribution in [0.5, 0.6) is 0 Å². The quantitative estimate of drug-likeness (QED) is 0.530. The van der Waals surface area contributed by atoms with E-state index in [1.54, 1.807) is 5.32 Å². The number of rotatable bonds is 9. The molecule has 0 unspecified atom stereocenters. The normalized spacial score (nSPS) is 10.2. The van der Waals surface area contributed by atoms with E-state index in [0.717, 1.165) is 23.6 Å². The number of hydrogen-bond acceptors (Lipinski definition) is 4. The number of carbonyl (C=O) groups excluding carboxylic acids is 1. The third-order valence-electron chi connectivity index (χ3n) is 3.38. The first kappa shape index (κ1) is 17.8. The van der Waals surface area contributed by atoms with Crippen molar-refractivity contribution in [2.75, 3.05) is 49.3 Å². The van der Waals surface area contributed by atoms with Crippen molar-refractivity contribution in [2.45, 2.75) is 0 Å². The van der Waals surface area contributed by atoms with Gasteiger partial charge in [-0.2, -0.15) is 0 Å². The summed E-state index contributed by atoms with van der Waals surface area (Å²) in [6.45, 7) is 2.47. The number of quaternary nitrogens is 1. The van der Waals surface area contributed by atoms with Crippen LogP contribution in [0.3, 0.4) is 0 Å². The lowest BCUT2D eigenvalue weighted by Crippen LogP contribution is -2.90. The molecule has 128 valence electrons. The van der Waals surface area contributed by atoms with Crippen LogP contribution in [0, 0.1) is 0 Å². The smallest absolute Gasteiger partial charge is 0.388 e. The maximum Gasteiger partial charge on any atom is 0.417 e. The second-order valence-corrected chi connectivity index (χ2v) is 5.21. The van der Waals surface area contributed by atoms with E-state index in [9.17, 15) is 4.79 Å². The summed E-state index contributed by atoms with van der Waals surface area (Å²) in [6, 6.07) is 17.4. The van der Waals surface area contributed by atoms with E-state index < -0.39 is 0 Å². The molecule has 0 radical (unpaired) electrons. The van der Waals surface area contributed by atoms with E-state index in [2.05, 4.69) is 16.0 Å². The Hall–Kier alpha value is -2.57. The Labute approximate surface area is 142 Å². The van der Waals surface area contributed by atoms with Crippen LogP contribution < -0.4 is 21.3 Å². The number of urea groups is 1. The number of carbonyl (C=O) groups is 1. The van der Waals surface area contributed by atoms with Crippen LogP contribution in [-0.2, 0) is 4.74 Å². The van der Waals surface area contributed by atoms with Crippen LogP contribution in [0.15, 0.2) is 54.6 Å². The van der Waals surface area contributed by atoms with Crippen molar-refractivity contribution < 1.29 is 14.8 Å². The fourth-order valence-electron chi connectivity index (χ4n) is 2.11. The van der Waals surface area contributed by atoms with Crippen molar-refractivity contribution in [3.8, 4) is 0 Å². The molecule has 2 rings (SSSR count). The van der Waals surface area contributed by atoms with Gasteiger partial charge in [0.2, 0.25) is 0 Å². The van der Waals surface area contributed by atoms with Crippen molar-refractivity contribution in [2.24, 2.45) is 0 Å². The van der Waals surface area contributed by atoms with Crippen LogP contribution in [0.1, 0.15) is 0 Å². The number of ether oxygens (including phenoxy) is 1. The van der Waals surface area contributed by atoms with Gasteiger partial charge in [0.1, 0.15) is 6.54 Å². The standard InChI is InChI=1S/C18H24N4O2/c1-19-15-7-9-17(10-8-15)22-18(23)21-12-14-24-13-11-20-16-5-3-2-4-6-16/h2-10,19-20H,11-14H2,1H3,(H2,21,22,23)/p+1. The van der Waals surface area contributed by atoms with Gasteiger partial charge in [-0.05, 0) is 36.4 Å². The summed E-state index contributed by atoms with van der Waals surface area (Å²) in [7, 11) is 1.86. The molecule has 2 aromatic rings. The van der Waals surface area contributed by atoms with E-state index in [1.807, 2.05) is 61.6 Å². The lowest BCUT2D eigenvalue weighted by molar-refractivity contribution is -0.554. The predicted octanol–water partition coefficient (Wildman–Crippen LogP) is 1.95. The minimum Gasteiger partial charge on any atom is -0.388 e. The molecular weight excluding hydrogens is 304 g/mol. The second-order valence-electron chi connectivity index (χ2n) is 5.21. The van der Waals surface area contributed by atoms with Crippen molar-refractivity contribution in [3.63, 3.8) is 0 Å². The van der Waals surface area contributed by atoms with Gasteiger partial charge in [-0.3, -0.25) is 10.6 Å². The average molecular weight is 329 g/mol. The molecule has 0 spiro atoms. The van der Waals surface area contributed by atoms with E-state index in [1.165, 1.54) is 0 Å². The van der Waals surface area contributed by atoms with Crippen LogP contribution in [0.25, 0.3) is 0 Å². The molecule has 2 amide bonds. The molecule has 2 aromatic carbocycles. The van der Waals surface area contributed by atoms with Gasteiger partial charge in [-0.1, -0.05) is 18.2 Å². The number of hydrogen-bond donors (Lipinski definition) is 4. The third-order valence-corrected chi connectivity index (χ3v) is 3.38. The van der Waals surface area contributed by atoms with E-state index in [4.69, 9.17) is 4.74 Å². The zero-order valence-corrected chi connectivity index (χ0v) is 13.9. The maximum absolute atomic E-state index is 11.8. The summed E-state index contributed by atoms with van der Waals surface area (Å²) < 4.78 is 5.50. The topological polar surface area (TPSA) is 79.0 Å². The number of benzene rings is 2. The van der Waals surface area contributed by atoms with E-state index in [0.29, 0.717) is 19.8 Å². The molecule has 5 N–H and O–H groups in total. The first-order chi connectivity index (χ1) is 11.8. The number of primary amides is 1. The van der Waals surface area contributed by atoms with Crippen molar-refractivity contribution in [1.82, 2.24) is 0 Å². The highest BCUT2D eigenvalue weighted by molar-refractivity contribution is 5.82. The lowest BCUT2D eigenvalue weighted by atomic mass is 10.3. The second kappa shape index (κ2) is 10.3. The number of para-hydroxylation sites is 1. The maximum atomic E-state index is 11.8. The number of nitrogens with two attached hydrogens (primary N) is 1. The Morgan fingerprint density at radius 2 is 1.67 bits per heavy atom. The highest BCUT2D eigenvalue weighted by Gasteiger charge is 2.05. The predicted molar refractivity (Wildman–Crippen MR) is 97.6 cm³/mol. The van der Waals surface area contributed by atoms with Gasteiger partial charge in [-0.15, -0.1) is 0 Å². The Morgan fingerprint density at radius 1 is 0.958 bits per heavy atom. The molecule has 0 atom stereocenters. The molecular formula is C18H25N4O2+. The third kappa shape index (κ3) is 6.68. The van der Waals surface area contributed by atoms with Gasteiger partial charge in [0.15, 0.2) is 0 Å². The molecule has 0 aliphatic rings. The largest absolute Gasteiger partial charge is 0.417 e. The molecule has 0 fully saturated rings. The highest BCUT2D eigenvalue weighted by atomic mass is 16.5. The first-order valence-electron chi connectivity index (χ1n) is 8.06. The average Bonchev–Trinajstić information content (AvgIpc) is 2.62. The van der Waals surface area contributed by atoms with Gasteiger partial charge < -0.3 is 15.4 Å². The lowest BCUT2D eigenvalue weighted by Gasteiger charge is -2.07. The SMILES string of the molecule is CNc1ccc(NC(=O)[NH2+]CCOCCNc2ccccc2)cc1. The number of anilines is 3. The molecule has 24 heavy (non-hydrogen) atoms. The number of nitrogens with one attached hydrogen (secondary N) is 3. The molecule has 0 saturated heterocycles. The van der Waals surface area contributed by atoms with Gasteiger partial charge in [0, 0.05) is 30.7 Å². The van der Waals surface area contributed by atoms with Crippen molar-refractivity contribution in [1.29, 1.82) is 0 Å². The van der Waals surface area contributed by atoms with Crippen LogP contribution in [-0.4, -0.2) is 39.4 Å². The monoisotopic (exact) mass is 329 g/mol. The van der Waals surface area contributed by atoms with Crippen LogP contribution in [0.2, 0.25) is 0 Å².